The summed E-state index contributed by atoms with van der Waals surface area (Å²) in [7, 11) is -3.52. The molecule has 0 spiro atoms. The summed E-state index contributed by atoms with van der Waals surface area (Å²) in [6, 6.07) is 33.9. The molecule has 0 aromatic heterocycles. The van der Waals surface area contributed by atoms with Gasteiger partial charge >= 0.3 is 18.5 Å². The summed E-state index contributed by atoms with van der Waals surface area (Å²) in [6.45, 7) is 22.6. The average Bonchev–Trinajstić information content (AvgIpc) is 3.61. The molecule has 1 unspecified atom stereocenters. The van der Waals surface area contributed by atoms with Crippen molar-refractivity contribution in [3.05, 3.63) is 235 Å². The maximum Gasteiger partial charge on any atom is 0.416 e. The van der Waals surface area contributed by atoms with Gasteiger partial charge in [-0.2, -0.15) is 39.5 Å². The number of aromatic hydroxyl groups is 2. The van der Waals surface area contributed by atoms with Gasteiger partial charge < -0.3 is 36.7 Å². The van der Waals surface area contributed by atoms with E-state index in [1.54, 1.807) is 48.6 Å². The van der Waals surface area contributed by atoms with Crippen LogP contribution >= 0.6 is 7.26 Å². The van der Waals surface area contributed by atoms with Crippen LogP contribution in [0.5, 0.6) is 23.0 Å². The topological polar surface area (TPSA) is 58.9 Å². The third-order valence-corrected chi connectivity index (χ3v) is 17.5. The number of alkyl halides is 9. The van der Waals surface area contributed by atoms with E-state index < -0.39 is 48.8 Å². The van der Waals surface area contributed by atoms with Crippen LogP contribution in [0.3, 0.4) is 0 Å². The van der Waals surface area contributed by atoms with E-state index in [4.69, 9.17) is 9.47 Å². The highest BCUT2D eigenvalue weighted by atomic mass is 79.9. The van der Waals surface area contributed by atoms with E-state index in [9.17, 15) is 49.7 Å². The van der Waals surface area contributed by atoms with Crippen LogP contribution in [0.1, 0.15) is 72.6 Å². The van der Waals surface area contributed by atoms with Gasteiger partial charge in [0.1, 0.15) is 38.9 Å². The van der Waals surface area contributed by atoms with E-state index in [0.717, 1.165) is 101 Å². The molecule has 15 heteroatoms. The van der Waals surface area contributed by atoms with Gasteiger partial charge in [-0.25, -0.2) is 0 Å². The molecule has 0 saturated carbocycles. The standard InChI is InChI=1S/C40H30F9O2P.C26H34O2.BrH/c1-3-5-26-7-21-36(50)34(23-26)35-24-27(6-4-2)8-22-37(35)51-25-52(31-15-9-28(10-16-31)38(41,42)43,32-17-11-29(12-18-32)39(44,45)46)33-19-13-30(14-20-33)40(47,48)49;1-6-9-21-11-13-25(27)23(16-21)24-17-22(10-7-2)12-14-26(24)28-18-20(8-3)15-19(4)5;/h3-4,7-24H,1-2,5-6,25H2;6-7,11-14,16-17,19-20,27H,1-2,8-10,15,18H2,3-5H3;1H. The predicted molar refractivity (Wildman–Crippen MR) is 307 cm³/mol. The van der Waals surface area contributed by atoms with Crippen molar-refractivity contribution >= 4 is 23.2 Å². The van der Waals surface area contributed by atoms with E-state index in [-0.39, 0.29) is 50.1 Å². The maximum absolute atomic E-state index is 13.7. The lowest BCUT2D eigenvalue weighted by atomic mass is 9.95. The molecule has 0 heterocycles. The molecule has 81 heavy (non-hydrogen) atoms. The molecule has 4 nitrogen and oxygen atoms in total. The summed E-state index contributed by atoms with van der Waals surface area (Å²) in [4.78, 5) is 0. The first-order valence-corrected chi connectivity index (χ1v) is 27.9. The van der Waals surface area contributed by atoms with Crippen LogP contribution in [0.15, 0.2) is 196 Å². The van der Waals surface area contributed by atoms with Gasteiger partial charge in [-0.1, -0.05) is 75.8 Å². The molecule has 0 radical (unpaired) electrons. The number of rotatable bonds is 22. The monoisotopic (exact) mass is 1200 g/mol. The lowest BCUT2D eigenvalue weighted by Crippen LogP contribution is -3.00. The predicted octanol–water partition coefficient (Wildman–Crippen LogP) is 14.9. The summed E-state index contributed by atoms with van der Waals surface area (Å²) in [5, 5.41) is 22.1. The van der Waals surface area contributed by atoms with Gasteiger partial charge in [-0.15, -0.1) is 26.3 Å². The molecule has 0 bridgehead atoms. The van der Waals surface area contributed by atoms with E-state index in [1.165, 1.54) is 42.5 Å². The molecule has 0 fully saturated rings. The normalized spacial score (nSPS) is 12.1. The number of halogens is 10. The highest BCUT2D eigenvalue weighted by molar-refractivity contribution is 7.95. The molecule has 2 N–H and O–H groups in total. The number of allylic oxidation sites excluding steroid dienone is 4. The van der Waals surface area contributed by atoms with Crippen LogP contribution in [0, 0.1) is 11.8 Å². The Morgan fingerprint density at radius 1 is 0.457 bits per heavy atom. The Hall–Kier alpha value is -7.02. The van der Waals surface area contributed by atoms with Crippen LogP contribution in [0.4, 0.5) is 39.5 Å². The summed E-state index contributed by atoms with van der Waals surface area (Å²) in [6.07, 6.45) is -2.72. The zero-order valence-electron chi connectivity index (χ0n) is 45.2. The second-order valence-electron chi connectivity index (χ2n) is 19.8. The van der Waals surface area contributed by atoms with Crippen molar-refractivity contribution in [3.63, 3.8) is 0 Å². The highest BCUT2D eigenvalue weighted by Crippen LogP contribution is 2.57. The van der Waals surface area contributed by atoms with Crippen LogP contribution < -0.4 is 42.4 Å². The summed E-state index contributed by atoms with van der Waals surface area (Å²) < 4.78 is 136. The molecule has 0 saturated heterocycles. The Bertz CT molecular complexity index is 3080. The third kappa shape index (κ3) is 16.8. The van der Waals surface area contributed by atoms with Gasteiger partial charge in [0.05, 0.1) is 23.3 Å². The SMILES string of the molecule is C=CCc1ccc(O)c(-c2cc(CC=C)ccc2OCC(CC)CC(C)C)c1.C=CCc1ccc(O)c(-c2cc(CC=C)ccc2OC[P+](c2ccc(C(F)(F)F)cc2)(c2ccc(C(F)(F)F)cc2)c2ccc(C(F)(F)F)cc2)c1.[Br-]. The van der Waals surface area contributed by atoms with Crippen molar-refractivity contribution in [2.45, 2.75) is 77.8 Å². The molecule has 7 rings (SSSR count). The quantitative estimate of drug-likeness (QED) is 0.0403. The van der Waals surface area contributed by atoms with E-state index in [0.29, 0.717) is 42.4 Å². The number of ether oxygens (including phenoxy) is 2. The zero-order valence-corrected chi connectivity index (χ0v) is 47.7. The molecule has 0 aliphatic rings. The first kappa shape index (κ1) is 64.8. The summed E-state index contributed by atoms with van der Waals surface area (Å²) in [5.74, 6) is 2.38. The number of phenolic OH excluding ortho intramolecular Hbond substituents is 2. The minimum Gasteiger partial charge on any atom is -1.00 e. The Balaban J connectivity index is 0.000000351. The molecule has 0 aliphatic heterocycles. The van der Waals surface area contributed by atoms with Crippen LogP contribution in [0.2, 0.25) is 0 Å². The highest BCUT2D eigenvalue weighted by Gasteiger charge is 2.48. The number of benzene rings is 7. The van der Waals surface area contributed by atoms with Gasteiger partial charge in [0.15, 0.2) is 7.26 Å². The van der Waals surface area contributed by atoms with Gasteiger partial charge in [0.25, 0.3) is 0 Å². The van der Waals surface area contributed by atoms with Crippen LogP contribution in [-0.2, 0) is 44.2 Å². The number of hydrogen-bond donors (Lipinski definition) is 2. The van der Waals surface area contributed by atoms with Crippen molar-refractivity contribution < 1.29 is 76.2 Å². The molecule has 7 aromatic rings. The lowest BCUT2D eigenvalue weighted by molar-refractivity contribution is -0.138. The van der Waals surface area contributed by atoms with Crippen molar-refractivity contribution in [1.82, 2.24) is 0 Å². The lowest BCUT2D eigenvalue weighted by Gasteiger charge is -2.28. The van der Waals surface area contributed by atoms with Crippen molar-refractivity contribution in [2.24, 2.45) is 11.8 Å². The molecule has 1 atom stereocenters. The molecule has 428 valence electrons. The molecule has 0 amide bonds. The summed E-state index contributed by atoms with van der Waals surface area (Å²) >= 11 is 0. The van der Waals surface area contributed by atoms with Gasteiger partial charge in [-0.3, -0.25) is 0 Å². The molecular formula is C66H65BrF9O4P. The second-order valence-corrected chi connectivity index (χ2v) is 23.2. The maximum atomic E-state index is 13.7. The second kappa shape index (κ2) is 28.6. The fourth-order valence-electron chi connectivity index (χ4n) is 9.38. The van der Waals surface area contributed by atoms with Gasteiger partial charge in [0, 0.05) is 22.3 Å². The Morgan fingerprint density at radius 3 is 1.06 bits per heavy atom. The molecule has 7 aromatic carbocycles. The Kier molecular flexibility index (Phi) is 22.9. The van der Waals surface area contributed by atoms with Gasteiger partial charge in [0.2, 0.25) is 6.35 Å². The largest absolute Gasteiger partial charge is 1.00 e. The third-order valence-electron chi connectivity index (χ3n) is 13.5. The Labute approximate surface area is 480 Å². The first-order chi connectivity index (χ1) is 37.9. The molecular weight excluding hydrogens is 1140 g/mol. The van der Waals surface area contributed by atoms with Crippen molar-refractivity contribution in [2.75, 3.05) is 13.0 Å². The van der Waals surface area contributed by atoms with Crippen molar-refractivity contribution in [1.29, 1.82) is 0 Å². The first-order valence-electron chi connectivity index (χ1n) is 26.0. The smallest absolute Gasteiger partial charge is 0.416 e. The Morgan fingerprint density at radius 2 is 0.765 bits per heavy atom. The number of hydrogen-bond acceptors (Lipinski definition) is 4. The van der Waals surface area contributed by atoms with E-state index >= 15 is 0 Å². The fraction of sp³-hybridized carbons (Fsp3) is 0.242. The van der Waals surface area contributed by atoms with E-state index in [2.05, 4.69) is 59.2 Å². The number of phenols is 2. The van der Waals surface area contributed by atoms with Crippen LogP contribution in [-0.4, -0.2) is 23.2 Å². The van der Waals surface area contributed by atoms with Crippen LogP contribution in [0.25, 0.3) is 22.3 Å². The average molecular weight is 1200 g/mol. The summed E-state index contributed by atoms with van der Waals surface area (Å²) in [5.41, 5.74) is 3.42. The zero-order chi connectivity index (χ0) is 58.4. The van der Waals surface area contributed by atoms with Crippen molar-refractivity contribution in [3.8, 4) is 45.3 Å². The minimum atomic E-state index is -4.72. The fourth-order valence-corrected chi connectivity index (χ4v) is 13.0. The minimum absolute atomic E-state index is 0. The van der Waals surface area contributed by atoms with Gasteiger partial charge in [-0.05, 0) is 188 Å². The molecule has 0 aliphatic carbocycles. The van der Waals surface area contributed by atoms with E-state index in [1.807, 2.05) is 30.4 Å².